The molecule has 24 heavy (non-hydrogen) atoms. The minimum Gasteiger partial charge on any atom is -0.342 e. The van der Waals surface area contributed by atoms with E-state index in [0.717, 1.165) is 43.7 Å². The summed E-state index contributed by atoms with van der Waals surface area (Å²) in [6.07, 6.45) is 4.45. The van der Waals surface area contributed by atoms with Crippen LogP contribution in [0.3, 0.4) is 0 Å². The molecule has 1 fully saturated rings. The van der Waals surface area contributed by atoms with Crippen LogP contribution in [-0.4, -0.2) is 32.0 Å². The number of sulfone groups is 1. The van der Waals surface area contributed by atoms with Gasteiger partial charge in [-0.05, 0) is 31.0 Å². The summed E-state index contributed by atoms with van der Waals surface area (Å²) < 4.78 is 37.2. The third-order valence-corrected chi connectivity index (χ3v) is 5.28. The summed E-state index contributed by atoms with van der Waals surface area (Å²) in [4.78, 5) is 24.1. The second-order valence-corrected chi connectivity index (χ2v) is 8.21. The van der Waals surface area contributed by atoms with Gasteiger partial charge in [0.05, 0.1) is 10.6 Å². The van der Waals surface area contributed by atoms with E-state index in [1.165, 1.54) is 6.92 Å². The van der Waals surface area contributed by atoms with Crippen LogP contribution in [0.25, 0.3) is 0 Å². The molecule has 8 heteroatoms. The second-order valence-electron chi connectivity index (χ2n) is 6.19. The summed E-state index contributed by atoms with van der Waals surface area (Å²) in [5.41, 5.74) is -1.30. The van der Waals surface area contributed by atoms with Crippen LogP contribution in [0, 0.1) is 5.82 Å². The van der Waals surface area contributed by atoms with E-state index < -0.39 is 27.1 Å². The molecule has 2 N–H and O–H groups in total. The van der Waals surface area contributed by atoms with Crippen molar-refractivity contribution in [3.63, 3.8) is 0 Å². The number of nitrogens with one attached hydrogen (secondary N) is 2. The van der Waals surface area contributed by atoms with Crippen molar-refractivity contribution in [2.24, 2.45) is 0 Å². The molecule has 1 aromatic carbocycles. The van der Waals surface area contributed by atoms with Crippen molar-refractivity contribution >= 4 is 27.3 Å². The molecule has 0 aliphatic heterocycles. The third-order valence-electron chi connectivity index (χ3n) is 4.17. The summed E-state index contributed by atoms with van der Waals surface area (Å²) in [6, 6.07) is 3.23. The Kier molecular flexibility index (Phi) is 5.27. The average molecular weight is 356 g/mol. The topological polar surface area (TPSA) is 92.3 Å². The van der Waals surface area contributed by atoms with Gasteiger partial charge < -0.3 is 10.6 Å². The lowest BCUT2D eigenvalue weighted by Gasteiger charge is -2.36. The highest BCUT2D eigenvalue weighted by Crippen LogP contribution is 2.30. The van der Waals surface area contributed by atoms with Crippen LogP contribution in [0.2, 0.25) is 0 Å². The van der Waals surface area contributed by atoms with E-state index in [2.05, 4.69) is 10.6 Å². The number of halogens is 1. The van der Waals surface area contributed by atoms with Crippen molar-refractivity contribution in [1.29, 1.82) is 0 Å². The van der Waals surface area contributed by atoms with Gasteiger partial charge in [0.2, 0.25) is 11.8 Å². The number of benzene rings is 1. The van der Waals surface area contributed by atoms with Gasteiger partial charge in [-0.3, -0.25) is 9.59 Å². The molecule has 132 valence electrons. The van der Waals surface area contributed by atoms with E-state index in [4.69, 9.17) is 0 Å². The predicted octanol–water partition coefficient (Wildman–Crippen LogP) is 2.01. The number of hydrogen-bond donors (Lipinski definition) is 2. The summed E-state index contributed by atoms with van der Waals surface area (Å²) in [5.74, 6) is -1.59. The van der Waals surface area contributed by atoms with Gasteiger partial charge in [-0.15, -0.1) is 0 Å². The Bertz CT molecular complexity index is 755. The first kappa shape index (κ1) is 18.4. The van der Waals surface area contributed by atoms with Crippen LogP contribution >= 0.6 is 0 Å². The minimum absolute atomic E-state index is 0.0866. The Labute approximate surface area is 140 Å². The normalized spacial score (nSPS) is 17.1. The molecular weight excluding hydrogens is 335 g/mol. The summed E-state index contributed by atoms with van der Waals surface area (Å²) in [5, 5.41) is 5.13. The molecule has 0 aromatic heterocycles. The Hall–Kier alpha value is -1.96. The Morgan fingerprint density at radius 2 is 1.79 bits per heavy atom. The maximum atomic E-state index is 14.0. The van der Waals surface area contributed by atoms with Crippen LogP contribution < -0.4 is 10.6 Å². The molecule has 0 radical (unpaired) electrons. The van der Waals surface area contributed by atoms with Crippen molar-refractivity contribution in [2.45, 2.75) is 49.5 Å². The van der Waals surface area contributed by atoms with Gasteiger partial charge in [0, 0.05) is 13.2 Å². The molecule has 1 saturated carbocycles. The van der Waals surface area contributed by atoms with E-state index in [-0.39, 0.29) is 16.5 Å². The lowest BCUT2D eigenvalue weighted by Crippen LogP contribution is -2.57. The van der Waals surface area contributed by atoms with Gasteiger partial charge in [0.15, 0.2) is 9.84 Å². The standard InChI is InChI=1S/C16H21FN2O4S/c1-11(20)19-16(8-4-3-5-9-16)15(21)18-14-10-12(24(2,22)23)6-7-13(14)17/h6-7,10H,3-5,8-9H2,1-2H3,(H,18,21)(H,19,20). The highest BCUT2D eigenvalue weighted by atomic mass is 32.2. The molecule has 0 spiro atoms. The van der Waals surface area contributed by atoms with E-state index >= 15 is 0 Å². The lowest BCUT2D eigenvalue weighted by molar-refractivity contribution is -0.130. The van der Waals surface area contributed by atoms with Crippen molar-refractivity contribution in [3.05, 3.63) is 24.0 Å². The number of rotatable bonds is 4. The largest absolute Gasteiger partial charge is 0.342 e. The van der Waals surface area contributed by atoms with Gasteiger partial charge in [0.25, 0.3) is 0 Å². The van der Waals surface area contributed by atoms with Crippen LogP contribution in [-0.2, 0) is 19.4 Å². The summed E-state index contributed by atoms with van der Waals surface area (Å²) in [7, 11) is -3.52. The molecule has 0 atom stereocenters. The monoisotopic (exact) mass is 356 g/mol. The van der Waals surface area contributed by atoms with Crippen molar-refractivity contribution in [1.82, 2.24) is 5.32 Å². The first-order valence-corrected chi connectivity index (χ1v) is 9.63. The number of hydrogen-bond acceptors (Lipinski definition) is 4. The second kappa shape index (κ2) is 6.88. The molecular formula is C16H21FN2O4S. The molecule has 1 aliphatic carbocycles. The van der Waals surface area contributed by atoms with E-state index in [9.17, 15) is 22.4 Å². The predicted molar refractivity (Wildman–Crippen MR) is 87.8 cm³/mol. The van der Waals surface area contributed by atoms with E-state index in [1.807, 2.05) is 0 Å². The number of anilines is 1. The fourth-order valence-corrected chi connectivity index (χ4v) is 3.62. The van der Waals surface area contributed by atoms with Gasteiger partial charge in [0.1, 0.15) is 11.4 Å². The highest BCUT2D eigenvalue weighted by molar-refractivity contribution is 7.90. The summed E-state index contributed by atoms with van der Waals surface area (Å²) >= 11 is 0. The van der Waals surface area contributed by atoms with E-state index in [0.29, 0.717) is 12.8 Å². The Morgan fingerprint density at radius 1 is 1.17 bits per heavy atom. The van der Waals surface area contributed by atoms with Crippen molar-refractivity contribution < 1.29 is 22.4 Å². The van der Waals surface area contributed by atoms with Gasteiger partial charge in [-0.1, -0.05) is 19.3 Å². The summed E-state index contributed by atoms with van der Waals surface area (Å²) in [6.45, 7) is 1.33. The van der Waals surface area contributed by atoms with E-state index in [1.54, 1.807) is 0 Å². The Balaban J connectivity index is 2.31. The SMILES string of the molecule is CC(=O)NC1(C(=O)Nc2cc(S(C)(=O)=O)ccc2F)CCCCC1. The zero-order valence-electron chi connectivity index (χ0n) is 13.7. The fourth-order valence-electron chi connectivity index (χ4n) is 2.97. The van der Waals surface area contributed by atoms with Crippen LogP contribution in [0.5, 0.6) is 0 Å². The molecule has 2 amide bonds. The zero-order chi connectivity index (χ0) is 18.0. The first-order valence-electron chi connectivity index (χ1n) is 7.74. The molecule has 0 saturated heterocycles. The quantitative estimate of drug-likeness (QED) is 0.807. The number of amides is 2. The molecule has 0 heterocycles. The van der Waals surface area contributed by atoms with Crippen LogP contribution in [0.4, 0.5) is 10.1 Å². The van der Waals surface area contributed by atoms with Crippen LogP contribution in [0.15, 0.2) is 23.1 Å². The molecule has 6 nitrogen and oxygen atoms in total. The maximum absolute atomic E-state index is 14.0. The van der Waals surface area contributed by atoms with Crippen molar-refractivity contribution in [3.8, 4) is 0 Å². The highest BCUT2D eigenvalue weighted by Gasteiger charge is 2.40. The average Bonchev–Trinajstić information content (AvgIpc) is 2.48. The van der Waals surface area contributed by atoms with Crippen molar-refractivity contribution in [2.75, 3.05) is 11.6 Å². The molecule has 2 rings (SSSR count). The Morgan fingerprint density at radius 3 is 2.33 bits per heavy atom. The van der Waals surface area contributed by atoms with Gasteiger partial charge in [-0.2, -0.15) is 0 Å². The maximum Gasteiger partial charge on any atom is 0.250 e. The third kappa shape index (κ3) is 4.11. The fraction of sp³-hybridized carbons (Fsp3) is 0.500. The molecule has 0 bridgehead atoms. The van der Waals surface area contributed by atoms with Gasteiger partial charge >= 0.3 is 0 Å². The number of carbonyl (C=O) groups is 2. The lowest BCUT2D eigenvalue weighted by atomic mass is 9.80. The first-order chi connectivity index (χ1) is 11.1. The molecule has 1 aliphatic rings. The zero-order valence-corrected chi connectivity index (χ0v) is 14.5. The minimum atomic E-state index is -3.52. The smallest absolute Gasteiger partial charge is 0.250 e. The van der Waals surface area contributed by atoms with Crippen LogP contribution in [0.1, 0.15) is 39.0 Å². The number of carbonyl (C=O) groups excluding carboxylic acids is 2. The van der Waals surface area contributed by atoms with Gasteiger partial charge in [-0.25, -0.2) is 12.8 Å². The molecule has 0 unspecified atom stereocenters. The molecule has 1 aromatic rings.